The largest absolute Gasteiger partial charge is 0.497 e. The first-order valence-electron chi connectivity index (χ1n) is 5.16. The third-order valence-electron chi connectivity index (χ3n) is 2.65. The van der Waals surface area contributed by atoms with Crippen LogP contribution in [-0.2, 0) is 4.79 Å². The van der Waals surface area contributed by atoms with E-state index in [1.54, 1.807) is 7.11 Å². The van der Waals surface area contributed by atoms with Crippen LogP contribution in [0.2, 0.25) is 0 Å². The first-order valence-corrected chi connectivity index (χ1v) is 5.16. The summed E-state index contributed by atoms with van der Waals surface area (Å²) in [6, 6.07) is 5.69. The van der Waals surface area contributed by atoms with Crippen LogP contribution in [0.1, 0.15) is 18.4 Å². The molecule has 3 heteroatoms. The van der Waals surface area contributed by atoms with Crippen molar-refractivity contribution in [2.75, 3.05) is 12.4 Å². The van der Waals surface area contributed by atoms with Gasteiger partial charge in [0.1, 0.15) is 5.75 Å². The Morgan fingerprint density at radius 1 is 1.47 bits per heavy atom. The van der Waals surface area contributed by atoms with Crippen molar-refractivity contribution < 1.29 is 9.53 Å². The third-order valence-corrected chi connectivity index (χ3v) is 2.65. The summed E-state index contributed by atoms with van der Waals surface area (Å²) in [5.74, 6) is 1.13. The van der Waals surface area contributed by atoms with E-state index in [1.165, 1.54) is 0 Å². The minimum atomic E-state index is 0.131. The molecule has 3 nitrogen and oxygen atoms in total. The van der Waals surface area contributed by atoms with Gasteiger partial charge in [0, 0.05) is 17.7 Å². The van der Waals surface area contributed by atoms with Crippen LogP contribution in [0.25, 0.3) is 0 Å². The molecule has 0 unspecified atom stereocenters. The minimum Gasteiger partial charge on any atom is -0.497 e. The second-order valence-corrected chi connectivity index (χ2v) is 3.94. The monoisotopic (exact) mass is 205 g/mol. The van der Waals surface area contributed by atoms with Crippen LogP contribution in [-0.4, -0.2) is 13.0 Å². The van der Waals surface area contributed by atoms with Crippen molar-refractivity contribution in [3.05, 3.63) is 23.8 Å². The Bertz CT molecular complexity index is 383. The van der Waals surface area contributed by atoms with Gasteiger partial charge in [0.2, 0.25) is 5.91 Å². The maximum atomic E-state index is 11.6. The van der Waals surface area contributed by atoms with E-state index in [0.717, 1.165) is 29.8 Å². The Labute approximate surface area is 89.4 Å². The lowest BCUT2D eigenvalue weighted by atomic mass is 10.2. The number of aryl methyl sites for hydroxylation is 1. The molecule has 1 amide bonds. The summed E-state index contributed by atoms with van der Waals surface area (Å²) in [5, 5.41) is 2.93. The number of hydrogen-bond acceptors (Lipinski definition) is 2. The molecule has 80 valence electrons. The first-order chi connectivity index (χ1) is 7.20. The molecule has 1 aromatic rings. The number of nitrogens with one attached hydrogen (secondary N) is 1. The van der Waals surface area contributed by atoms with Crippen LogP contribution < -0.4 is 10.1 Å². The van der Waals surface area contributed by atoms with Gasteiger partial charge in [0.05, 0.1) is 7.11 Å². The summed E-state index contributed by atoms with van der Waals surface area (Å²) < 4.78 is 5.12. The van der Waals surface area contributed by atoms with Crippen molar-refractivity contribution in [1.82, 2.24) is 0 Å². The van der Waals surface area contributed by atoms with Gasteiger partial charge in [-0.05, 0) is 31.4 Å². The number of methoxy groups -OCH3 is 1. The topological polar surface area (TPSA) is 38.3 Å². The quantitative estimate of drug-likeness (QED) is 0.822. The van der Waals surface area contributed by atoms with Crippen molar-refractivity contribution in [2.45, 2.75) is 19.8 Å². The lowest BCUT2D eigenvalue weighted by Crippen LogP contribution is -2.14. The van der Waals surface area contributed by atoms with E-state index in [1.807, 2.05) is 25.1 Å². The van der Waals surface area contributed by atoms with Gasteiger partial charge in [0.15, 0.2) is 0 Å². The molecule has 1 aliphatic carbocycles. The average molecular weight is 205 g/mol. The Morgan fingerprint density at radius 3 is 2.80 bits per heavy atom. The Balaban J connectivity index is 2.14. The number of anilines is 1. The molecule has 0 radical (unpaired) electrons. The van der Waals surface area contributed by atoms with Gasteiger partial charge in [-0.15, -0.1) is 0 Å². The van der Waals surface area contributed by atoms with E-state index < -0.39 is 0 Å². The van der Waals surface area contributed by atoms with Crippen LogP contribution in [0.5, 0.6) is 5.75 Å². The number of benzene rings is 1. The van der Waals surface area contributed by atoms with Crippen LogP contribution >= 0.6 is 0 Å². The predicted molar refractivity (Wildman–Crippen MR) is 59.1 cm³/mol. The summed E-state index contributed by atoms with van der Waals surface area (Å²) in [5.41, 5.74) is 1.91. The molecule has 1 aliphatic rings. The molecule has 15 heavy (non-hydrogen) atoms. The van der Waals surface area contributed by atoms with Crippen molar-refractivity contribution in [3.63, 3.8) is 0 Å². The fraction of sp³-hybridized carbons (Fsp3) is 0.417. The molecule has 0 bridgehead atoms. The second kappa shape index (κ2) is 3.93. The van der Waals surface area contributed by atoms with Crippen LogP contribution in [0.3, 0.4) is 0 Å². The van der Waals surface area contributed by atoms with Crippen molar-refractivity contribution in [2.24, 2.45) is 5.92 Å². The predicted octanol–water partition coefficient (Wildman–Crippen LogP) is 2.35. The van der Waals surface area contributed by atoms with Gasteiger partial charge in [0.25, 0.3) is 0 Å². The highest BCUT2D eigenvalue weighted by Gasteiger charge is 2.29. The smallest absolute Gasteiger partial charge is 0.227 e. The summed E-state index contributed by atoms with van der Waals surface area (Å²) >= 11 is 0. The fourth-order valence-electron chi connectivity index (χ4n) is 1.44. The molecular weight excluding hydrogens is 190 g/mol. The lowest BCUT2D eigenvalue weighted by Gasteiger charge is -2.09. The zero-order valence-corrected chi connectivity index (χ0v) is 9.04. The molecule has 1 saturated carbocycles. The maximum Gasteiger partial charge on any atom is 0.227 e. The number of ether oxygens (including phenoxy) is 1. The molecule has 1 N–H and O–H groups in total. The summed E-state index contributed by atoms with van der Waals surface area (Å²) in [4.78, 5) is 11.6. The molecule has 0 aliphatic heterocycles. The van der Waals surface area contributed by atoms with Gasteiger partial charge < -0.3 is 10.1 Å². The number of hydrogen-bond donors (Lipinski definition) is 1. The zero-order valence-electron chi connectivity index (χ0n) is 9.04. The van der Waals surface area contributed by atoms with Gasteiger partial charge in [-0.2, -0.15) is 0 Å². The average Bonchev–Trinajstić information content (AvgIpc) is 3.04. The molecular formula is C12H15NO2. The molecule has 2 rings (SSSR count). The molecule has 1 fully saturated rings. The first kappa shape index (κ1) is 10.0. The molecule has 1 aromatic carbocycles. The fourth-order valence-corrected chi connectivity index (χ4v) is 1.44. The molecule has 0 spiro atoms. The normalized spacial score (nSPS) is 14.8. The van der Waals surface area contributed by atoms with Crippen LogP contribution in [0, 0.1) is 12.8 Å². The Kier molecular flexibility index (Phi) is 2.62. The van der Waals surface area contributed by atoms with E-state index in [2.05, 4.69) is 5.32 Å². The SMILES string of the molecule is COc1ccc(C)c(NC(=O)C2CC2)c1. The number of amides is 1. The van der Waals surface area contributed by atoms with Gasteiger partial charge >= 0.3 is 0 Å². The van der Waals surface area contributed by atoms with Crippen molar-refractivity contribution in [3.8, 4) is 5.75 Å². The molecule has 0 heterocycles. The van der Waals surface area contributed by atoms with E-state index >= 15 is 0 Å². The lowest BCUT2D eigenvalue weighted by molar-refractivity contribution is -0.117. The van der Waals surface area contributed by atoms with Crippen LogP contribution in [0.15, 0.2) is 18.2 Å². The highest BCUT2D eigenvalue weighted by Crippen LogP contribution is 2.31. The zero-order chi connectivity index (χ0) is 10.8. The highest BCUT2D eigenvalue weighted by molar-refractivity contribution is 5.94. The van der Waals surface area contributed by atoms with Crippen molar-refractivity contribution >= 4 is 11.6 Å². The third kappa shape index (κ3) is 2.29. The molecule has 0 saturated heterocycles. The maximum absolute atomic E-state index is 11.6. The van der Waals surface area contributed by atoms with E-state index in [0.29, 0.717) is 0 Å². The van der Waals surface area contributed by atoms with E-state index in [4.69, 9.17) is 4.74 Å². The van der Waals surface area contributed by atoms with Gasteiger partial charge in [-0.3, -0.25) is 4.79 Å². The molecule has 0 aromatic heterocycles. The number of carbonyl (C=O) groups excluding carboxylic acids is 1. The highest BCUT2D eigenvalue weighted by atomic mass is 16.5. The van der Waals surface area contributed by atoms with Gasteiger partial charge in [-0.25, -0.2) is 0 Å². The standard InChI is InChI=1S/C12H15NO2/c1-8-3-6-10(15-2)7-11(8)13-12(14)9-4-5-9/h3,6-7,9H,4-5H2,1-2H3,(H,13,14). The molecule has 0 atom stereocenters. The van der Waals surface area contributed by atoms with Gasteiger partial charge in [-0.1, -0.05) is 6.07 Å². The van der Waals surface area contributed by atoms with Crippen LogP contribution in [0.4, 0.5) is 5.69 Å². The Hall–Kier alpha value is -1.51. The Morgan fingerprint density at radius 2 is 2.20 bits per heavy atom. The number of carbonyl (C=O) groups is 1. The summed E-state index contributed by atoms with van der Waals surface area (Å²) in [7, 11) is 1.62. The summed E-state index contributed by atoms with van der Waals surface area (Å²) in [6.45, 7) is 1.97. The minimum absolute atomic E-state index is 0.131. The van der Waals surface area contributed by atoms with E-state index in [9.17, 15) is 4.79 Å². The number of rotatable bonds is 3. The summed E-state index contributed by atoms with van der Waals surface area (Å²) in [6.07, 6.45) is 2.05. The second-order valence-electron chi connectivity index (χ2n) is 3.94. The van der Waals surface area contributed by atoms with E-state index in [-0.39, 0.29) is 11.8 Å². The van der Waals surface area contributed by atoms with Crippen molar-refractivity contribution in [1.29, 1.82) is 0 Å².